The van der Waals surface area contributed by atoms with Crippen molar-refractivity contribution in [1.82, 2.24) is 5.32 Å². The summed E-state index contributed by atoms with van der Waals surface area (Å²) < 4.78 is 0. The van der Waals surface area contributed by atoms with Crippen LogP contribution in [0.3, 0.4) is 0 Å². The third kappa shape index (κ3) is 4.53. The number of hydrogen-bond acceptors (Lipinski definition) is 4. The van der Waals surface area contributed by atoms with Crippen LogP contribution in [0.1, 0.15) is 58.4 Å². The number of nitrogens with one attached hydrogen (secondary N) is 2. The molecule has 2 fully saturated rings. The van der Waals surface area contributed by atoms with Gasteiger partial charge in [-0.15, -0.1) is 0 Å². The smallest absolute Gasteiger partial charge is 0.257 e. The van der Waals surface area contributed by atoms with Gasteiger partial charge in [-0.1, -0.05) is 6.07 Å². The van der Waals surface area contributed by atoms with E-state index < -0.39 is 0 Å². The lowest BCUT2D eigenvalue weighted by atomic mass is 10.1. The number of benzene rings is 2. The zero-order chi connectivity index (χ0) is 20.4. The SMILES string of the molecule is Cc1ccc(C(=O)NC2CC2)cc1NC(=O)c1cc(N2CCCCC2)ccc1N. The number of nitrogens with two attached hydrogens (primary N) is 1. The van der Waals surface area contributed by atoms with E-state index in [0.717, 1.165) is 37.2 Å². The molecule has 0 atom stereocenters. The van der Waals surface area contributed by atoms with Gasteiger partial charge in [0.05, 0.1) is 5.56 Å². The monoisotopic (exact) mass is 392 g/mol. The Labute approximate surface area is 171 Å². The summed E-state index contributed by atoms with van der Waals surface area (Å²) in [7, 11) is 0. The largest absolute Gasteiger partial charge is 0.398 e. The summed E-state index contributed by atoms with van der Waals surface area (Å²) in [5.41, 5.74) is 10.1. The summed E-state index contributed by atoms with van der Waals surface area (Å²) in [4.78, 5) is 27.6. The Balaban J connectivity index is 1.53. The van der Waals surface area contributed by atoms with Crippen molar-refractivity contribution in [2.75, 3.05) is 29.0 Å². The Morgan fingerprint density at radius 2 is 1.76 bits per heavy atom. The zero-order valence-corrected chi connectivity index (χ0v) is 16.8. The van der Waals surface area contributed by atoms with Crippen molar-refractivity contribution < 1.29 is 9.59 Å². The summed E-state index contributed by atoms with van der Waals surface area (Å²) in [6, 6.07) is 11.3. The highest BCUT2D eigenvalue weighted by Crippen LogP contribution is 2.26. The lowest BCUT2D eigenvalue weighted by Gasteiger charge is -2.29. The summed E-state index contributed by atoms with van der Waals surface area (Å²) >= 11 is 0. The number of hydrogen-bond donors (Lipinski definition) is 3. The number of aryl methyl sites for hydroxylation is 1. The van der Waals surface area contributed by atoms with Crippen molar-refractivity contribution in [2.24, 2.45) is 0 Å². The molecule has 0 aromatic heterocycles. The predicted octanol–water partition coefficient (Wildman–Crippen LogP) is 3.71. The third-order valence-corrected chi connectivity index (χ3v) is 5.66. The molecule has 2 aliphatic rings. The summed E-state index contributed by atoms with van der Waals surface area (Å²) in [5, 5.41) is 5.92. The molecule has 1 aliphatic carbocycles. The van der Waals surface area contributed by atoms with Crippen LogP contribution >= 0.6 is 0 Å². The predicted molar refractivity (Wildman–Crippen MR) is 117 cm³/mol. The lowest BCUT2D eigenvalue weighted by Crippen LogP contribution is -2.29. The maximum absolute atomic E-state index is 13.0. The summed E-state index contributed by atoms with van der Waals surface area (Å²) in [6.45, 7) is 3.91. The molecular weight excluding hydrogens is 364 g/mol. The Kier molecular flexibility index (Phi) is 5.43. The van der Waals surface area contributed by atoms with Crippen LogP contribution in [0.15, 0.2) is 36.4 Å². The molecule has 6 nitrogen and oxygen atoms in total. The van der Waals surface area contributed by atoms with Crippen molar-refractivity contribution in [2.45, 2.75) is 45.1 Å². The van der Waals surface area contributed by atoms with E-state index in [1.165, 1.54) is 19.3 Å². The number of nitrogens with zero attached hydrogens (tertiary/aromatic N) is 1. The van der Waals surface area contributed by atoms with Gasteiger partial charge in [0.1, 0.15) is 0 Å². The number of carbonyl (C=O) groups excluding carboxylic acids is 2. The van der Waals surface area contributed by atoms with Gasteiger partial charge in [-0.2, -0.15) is 0 Å². The second-order valence-corrected chi connectivity index (χ2v) is 8.05. The maximum atomic E-state index is 13.0. The summed E-state index contributed by atoms with van der Waals surface area (Å²) in [6.07, 6.45) is 5.66. The molecule has 2 aromatic rings. The Morgan fingerprint density at radius 1 is 1.00 bits per heavy atom. The van der Waals surface area contributed by atoms with Gasteiger partial charge in [-0.25, -0.2) is 0 Å². The molecule has 4 N–H and O–H groups in total. The van der Waals surface area contributed by atoms with E-state index in [-0.39, 0.29) is 11.8 Å². The van der Waals surface area contributed by atoms with Crippen LogP contribution in [0.5, 0.6) is 0 Å². The number of anilines is 3. The van der Waals surface area contributed by atoms with Gasteiger partial charge >= 0.3 is 0 Å². The Hall–Kier alpha value is -3.02. The molecule has 152 valence electrons. The van der Waals surface area contributed by atoms with Crippen LogP contribution in [-0.2, 0) is 0 Å². The average Bonchev–Trinajstić information content (AvgIpc) is 3.54. The molecule has 29 heavy (non-hydrogen) atoms. The van der Waals surface area contributed by atoms with Crippen LogP contribution in [0.25, 0.3) is 0 Å². The van der Waals surface area contributed by atoms with Gasteiger partial charge in [-0.05, 0) is 74.9 Å². The van der Waals surface area contributed by atoms with Crippen LogP contribution in [0.2, 0.25) is 0 Å². The highest BCUT2D eigenvalue weighted by Gasteiger charge is 2.24. The van der Waals surface area contributed by atoms with Gasteiger partial charge in [0.15, 0.2) is 0 Å². The van der Waals surface area contributed by atoms with Crippen molar-refractivity contribution in [3.8, 4) is 0 Å². The first-order chi connectivity index (χ1) is 14.0. The molecule has 0 radical (unpaired) electrons. The highest BCUT2D eigenvalue weighted by atomic mass is 16.2. The van der Waals surface area contributed by atoms with Crippen LogP contribution in [0, 0.1) is 6.92 Å². The van der Waals surface area contributed by atoms with E-state index in [9.17, 15) is 9.59 Å². The minimum Gasteiger partial charge on any atom is -0.398 e. The van der Waals surface area contributed by atoms with E-state index in [4.69, 9.17) is 5.73 Å². The van der Waals surface area contributed by atoms with E-state index in [0.29, 0.717) is 28.5 Å². The lowest BCUT2D eigenvalue weighted by molar-refractivity contribution is 0.0949. The van der Waals surface area contributed by atoms with E-state index >= 15 is 0 Å². The zero-order valence-electron chi connectivity index (χ0n) is 16.8. The number of nitrogen functional groups attached to an aromatic ring is 1. The van der Waals surface area contributed by atoms with Crippen LogP contribution in [-0.4, -0.2) is 30.9 Å². The summed E-state index contributed by atoms with van der Waals surface area (Å²) in [5.74, 6) is -0.362. The molecule has 1 aliphatic heterocycles. The minimum atomic E-state index is -0.260. The maximum Gasteiger partial charge on any atom is 0.257 e. The minimum absolute atomic E-state index is 0.102. The second kappa shape index (κ2) is 8.15. The number of carbonyl (C=O) groups is 2. The fraction of sp³-hybridized carbons (Fsp3) is 0.391. The standard InChI is InChI=1S/C23H28N4O2/c1-15-5-6-16(22(28)25-17-7-8-17)13-21(15)26-23(29)19-14-18(9-10-20(19)24)27-11-3-2-4-12-27/h5-6,9-10,13-14,17H,2-4,7-8,11-12,24H2,1H3,(H,25,28)(H,26,29). The highest BCUT2D eigenvalue weighted by molar-refractivity contribution is 6.09. The molecule has 2 aromatic carbocycles. The molecule has 1 saturated heterocycles. The number of piperidine rings is 1. The molecule has 0 bridgehead atoms. The van der Waals surface area contributed by atoms with E-state index in [1.54, 1.807) is 18.2 Å². The Bertz CT molecular complexity index is 930. The van der Waals surface area contributed by atoms with Crippen molar-refractivity contribution in [3.05, 3.63) is 53.1 Å². The van der Waals surface area contributed by atoms with Crippen molar-refractivity contribution in [1.29, 1.82) is 0 Å². The first-order valence-corrected chi connectivity index (χ1v) is 10.4. The second-order valence-electron chi connectivity index (χ2n) is 8.05. The quantitative estimate of drug-likeness (QED) is 0.677. The molecule has 6 heteroatoms. The molecule has 0 unspecified atom stereocenters. The normalized spacial score (nSPS) is 16.4. The molecule has 0 spiro atoms. The van der Waals surface area contributed by atoms with Crippen molar-refractivity contribution >= 4 is 28.9 Å². The van der Waals surface area contributed by atoms with Gasteiger partial charge in [0.2, 0.25) is 0 Å². The first kappa shape index (κ1) is 19.3. The topological polar surface area (TPSA) is 87.5 Å². The van der Waals surface area contributed by atoms with Crippen LogP contribution < -0.4 is 21.3 Å². The number of rotatable bonds is 5. The van der Waals surface area contributed by atoms with Crippen molar-refractivity contribution in [3.63, 3.8) is 0 Å². The average molecular weight is 393 g/mol. The van der Waals surface area contributed by atoms with Crippen LogP contribution in [0.4, 0.5) is 17.1 Å². The van der Waals surface area contributed by atoms with E-state index in [2.05, 4.69) is 15.5 Å². The molecule has 1 saturated carbocycles. The van der Waals surface area contributed by atoms with E-state index in [1.807, 2.05) is 25.1 Å². The Morgan fingerprint density at radius 3 is 2.48 bits per heavy atom. The molecule has 4 rings (SSSR count). The fourth-order valence-electron chi connectivity index (χ4n) is 3.67. The molecule has 2 amide bonds. The van der Waals surface area contributed by atoms with Gasteiger partial charge in [-0.3, -0.25) is 9.59 Å². The number of amides is 2. The third-order valence-electron chi connectivity index (χ3n) is 5.66. The first-order valence-electron chi connectivity index (χ1n) is 10.4. The van der Waals surface area contributed by atoms with Gasteiger partial charge in [0.25, 0.3) is 11.8 Å². The van der Waals surface area contributed by atoms with Gasteiger partial charge in [0, 0.05) is 41.8 Å². The molecule has 1 heterocycles. The fourth-order valence-corrected chi connectivity index (χ4v) is 3.67. The molecular formula is C23H28N4O2. The van der Waals surface area contributed by atoms with Gasteiger partial charge < -0.3 is 21.3 Å².